The number of nitrogens with zero attached hydrogens (tertiary/aromatic N) is 3. The summed E-state index contributed by atoms with van der Waals surface area (Å²) in [6, 6.07) is 13.5. The second kappa shape index (κ2) is 9.71. The number of ether oxygens (including phenoxy) is 2. The number of hydrogen-bond acceptors (Lipinski definition) is 6. The Kier molecular flexibility index (Phi) is 6.33. The fourth-order valence-corrected chi connectivity index (χ4v) is 4.29. The number of nitrogens with one attached hydrogen (secondary N) is 2. The molecule has 1 unspecified atom stereocenters. The van der Waals surface area contributed by atoms with E-state index in [-0.39, 0.29) is 17.7 Å². The van der Waals surface area contributed by atoms with E-state index in [1.54, 1.807) is 48.4 Å². The zero-order chi connectivity index (χ0) is 24.4. The maximum atomic E-state index is 14.5. The van der Waals surface area contributed by atoms with E-state index in [2.05, 4.69) is 20.7 Å². The molecule has 1 fully saturated rings. The average Bonchev–Trinajstić information content (AvgIpc) is 3.53. The number of carbonyl (C=O) groups is 1. The van der Waals surface area contributed by atoms with E-state index in [1.807, 2.05) is 18.2 Å². The molecule has 1 amide bonds. The van der Waals surface area contributed by atoms with Gasteiger partial charge in [-0.25, -0.2) is 9.37 Å². The van der Waals surface area contributed by atoms with Gasteiger partial charge in [-0.15, -0.1) is 0 Å². The summed E-state index contributed by atoms with van der Waals surface area (Å²) in [5, 5.41) is 12.5. The van der Waals surface area contributed by atoms with Gasteiger partial charge in [0.15, 0.2) is 11.6 Å². The summed E-state index contributed by atoms with van der Waals surface area (Å²) in [4.78, 5) is 17.8. The molecule has 0 saturated carbocycles. The zero-order valence-electron chi connectivity index (χ0n) is 19.5. The first-order valence-electron chi connectivity index (χ1n) is 11.4. The van der Waals surface area contributed by atoms with Gasteiger partial charge in [-0.1, -0.05) is 12.1 Å². The van der Waals surface area contributed by atoms with Crippen LogP contribution in [0.25, 0.3) is 10.8 Å². The Labute approximate surface area is 202 Å². The number of pyridine rings is 1. The SMILES string of the molecule is COc1ccc([C@H](NC(=O)c2ccc3cnc(NC4CCOC4)cc3c2)c2ccnn2C)cc1F. The van der Waals surface area contributed by atoms with Crippen LogP contribution in [-0.2, 0) is 11.8 Å². The van der Waals surface area contributed by atoms with Gasteiger partial charge in [-0.2, -0.15) is 5.10 Å². The van der Waals surface area contributed by atoms with Crippen molar-refractivity contribution in [2.45, 2.75) is 18.5 Å². The van der Waals surface area contributed by atoms with E-state index >= 15 is 0 Å². The maximum Gasteiger partial charge on any atom is 0.252 e. The maximum absolute atomic E-state index is 14.5. The molecule has 0 aliphatic carbocycles. The third kappa shape index (κ3) is 4.81. The molecule has 9 heteroatoms. The molecule has 8 nitrogen and oxygen atoms in total. The Bertz CT molecular complexity index is 1370. The molecule has 1 saturated heterocycles. The standard InChI is InChI=1S/C26H26FN5O3/c1-32-22(7-9-29-32)25(16-5-6-23(34-2)21(27)12-16)31-26(33)17-3-4-18-14-28-24(13-19(18)11-17)30-20-8-10-35-15-20/h3-7,9,11-14,20,25H,8,10,15H2,1-2H3,(H,28,30)(H,31,33)/t20?,25-/m0/s1. The van der Waals surface area contributed by atoms with Crippen LogP contribution in [0.2, 0.25) is 0 Å². The molecule has 4 aromatic rings. The molecule has 0 spiro atoms. The number of hydrogen-bond donors (Lipinski definition) is 2. The summed E-state index contributed by atoms with van der Waals surface area (Å²) >= 11 is 0. The molecule has 0 radical (unpaired) electrons. The molecule has 2 aromatic heterocycles. The van der Waals surface area contributed by atoms with Gasteiger partial charge in [0.25, 0.3) is 5.91 Å². The fourth-order valence-electron chi connectivity index (χ4n) is 4.29. The summed E-state index contributed by atoms with van der Waals surface area (Å²) in [5.41, 5.74) is 1.79. The third-order valence-corrected chi connectivity index (χ3v) is 6.20. The van der Waals surface area contributed by atoms with Crippen LogP contribution in [0.1, 0.15) is 34.1 Å². The smallest absolute Gasteiger partial charge is 0.252 e. The van der Waals surface area contributed by atoms with Crippen molar-refractivity contribution in [1.82, 2.24) is 20.1 Å². The Morgan fingerprint density at radius 3 is 2.80 bits per heavy atom. The average molecular weight is 476 g/mol. The number of fused-ring (bicyclic) bond motifs is 1. The normalized spacial score (nSPS) is 16.3. The second-order valence-corrected chi connectivity index (χ2v) is 8.52. The number of amides is 1. The molecule has 5 rings (SSSR count). The van der Waals surface area contributed by atoms with Crippen LogP contribution in [0.3, 0.4) is 0 Å². The number of anilines is 1. The lowest BCUT2D eigenvalue weighted by Crippen LogP contribution is -2.30. The van der Waals surface area contributed by atoms with Crippen molar-refractivity contribution in [3.63, 3.8) is 0 Å². The molecule has 2 N–H and O–H groups in total. The van der Waals surface area contributed by atoms with Crippen molar-refractivity contribution in [2.75, 3.05) is 25.6 Å². The van der Waals surface area contributed by atoms with Crippen LogP contribution in [0.5, 0.6) is 5.75 Å². The van der Waals surface area contributed by atoms with Crippen LogP contribution in [0.15, 0.2) is 60.9 Å². The fraction of sp³-hybridized carbons (Fsp3) is 0.269. The summed E-state index contributed by atoms with van der Waals surface area (Å²) in [6.07, 6.45) is 4.36. The lowest BCUT2D eigenvalue weighted by Gasteiger charge is -2.20. The monoisotopic (exact) mass is 475 g/mol. The minimum absolute atomic E-state index is 0.139. The van der Waals surface area contributed by atoms with Gasteiger partial charge < -0.3 is 20.1 Å². The highest BCUT2D eigenvalue weighted by Crippen LogP contribution is 2.27. The Balaban J connectivity index is 1.43. The molecule has 2 aromatic carbocycles. The van der Waals surface area contributed by atoms with Gasteiger partial charge in [0.05, 0.1) is 31.5 Å². The highest BCUT2D eigenvalue weighted by atomic mass is 19.1. The van der Waals surface area contributed by atoms with Crippen molar-refractivity contribution in [3.8, 4) is 5.75 Å². The summed E-state index contributed by atoms with van der Waals surface area (Å²) < 4.78 is 26.6. The Hall–Kier alpha value is -3.98. The number of aromatic nitrogens is 3. The number of benzene rings is 2. The molecule has 0 bridgehead atoms. The summed E-state index contributed by atoms with van der Waals surface area (Å²) in [5.74, 6) is 0.0923. The van der Waals surface area contributed by atoms with Gasteiger partial charge in [-0.3, -0.25) is 9.48 Å². The van der Waals surface area contributed by atoms with Crippen LogP contribution in [0, 0.1) is 5.82 Å². The minimum atomic E-state index is -0.608. The predicted octanol–water partition coefficient (Wildman–Crippen LogP) is 3.84. The highest BCUT2D eigenvalue weighted by Gasteiger charge is 2.22. The van der Waals surface area contributed by atoms with E-state index in [4.69, 9.17) is 9.47 Å². The van der Waals surface area contributed by atoms with Crippen LogP contribution >= 0.6 is 0 Å². The Morgan fingerprint density at radius 1 is 1.20 bits per heavy atom. The van der Waals surface area contributed by atoms with Crippen molar-refractivity contribution >= 4 is 22.5 Å². The predicted molar refractivity (Wildman–Crippen MR) is 130 cm³/mol. The van der Waals surface area contributed by atoms with Gasteiger partial charge in [-0.05, 0) is 53.8 Å². The van der Waals surface area contributed by atoms with Gasteiger partial charge in [0.2, 0.25) is 0 Å². The number of rotatable bonds is 7. The number of halogens is 1. The molecule has 2 atom stereocenters. The van der Waals surface area contributed by atoms with E-state index in [0.29, 0.717) is 17.7 Å². The van der Waals surface area contributed by atoms with E-state index in [1.165, 1.54) is 13.2 Å². The first kappa shape index (κ1) is 22.8. The molecule has 1 aliphatic heterocycles. The van der Waals surface area contributed by atoms with Crippen molar-refractivity contribution in [2.24, 2.45) is 7.05 Å². The lowest BCUT2D eigenvalue weighted by molar-refractivity contribution is 0.0942. The largest absolute Gasteiger partial charge is 0.494 e. The third-order valence-electron chi connectivity index (χ3n) is 6.20. The van der Waals surface area contributed by atoms with Crippen molar-refractivity contribution < 1.29 is 18.7 Å². The molecular weight excluding hydrogens is 449 g/mol. The Morgan fingerprint density at radius 2 is 2.09 bits per heavy atom. The minimum Gasteiger partial charge on any atom is -0.494 e. The summed E-state index contributed by atoms with van der Waals surface area (Å²) in [6.45, 7) is 1.40. The molecule has 35 heavy (non-hydrogen) atoms. The second-order valence-electron chi connectivity index (χ2n) is 8.52. The quantitative estimate of drug-likeness (QED) is 0.422. The first-order chi connectivity index (χ1) is 17.0. The molecule has 1 aliphatic rings. The van der Waals surface area contributed by atoms with Crippen LogP contribution in [-0.4, -0.2) is 47.0 Å². The zero-order valence-corrected chi connectivity index (χ0v) is 19.5. The van der Waals surface area contributed by atoms with Crippen LogP contribution in [0.4, 0.5) is 10.2 Å². The van der Waals surface area contributed by atoms with E-state index in [0.717, 1.165) is 35.3 Å². The van der Waals surface area contributed by atoms with Crippen molar-refractivity contribution in [3.05, 3.63) is 83.6 Å². The van der Waals surface area contributed by atoms with E-state index < -0.39 is 11.9 Å². The number of methoxy groups -OCH3 is 1. The molecule has 3 heterocycles. The van der Waals surface area contributed by atoms with Gasteiger partial charge in [0, 0.05) is 37.0 Å². The van der Waals surface area contributed by atoms with Crippen molar-refractivity contribution in [1.29, 1.82) is 0 Å². The lowest BCUT2D eigenvalue weighted by atomic mass is 10.0. The van der Waals surface area contributed by atoms with Crippen LogP contribution < -0.4 is 15.4 Å². The number of aryl methyl sites for hydroxylation is 1. The van der Waals surface area contributed by atoms with Gasteiger partial charge >= 0.3 is 0 Å². The molecule has 180 valence electrons. The highest BCUT2D eigenvalue weighted by molar-refractivity contribution is 5.99. The summed E-state index contributed by atoms with van der Waals surface area (Å²) in [7, 11) is 3.19. The van der Waals surface area contributed by atoms with E-state index in [9.17, 15) is 9.18 Å². The topological polar surface area (TPSA) is 90.3 Å². The number of carbonyl (C=O) groups excluding carboxylic acids is 1. The first-order valence-corrected chi connectivity index (χ1v) is 11.4. The molecular formula is C26H26FN5O3. The van der Waals surface area contributed by atoms with Gasteiger partial charge in [0.1, 0.15) is 5.82 Å².